The molecule has 0 aromatic heterocycles. The number of aliphatic carboxylic acids is 1. The van der Waals surface area contributed by atoms with Gasteiger partial charge in [-0.25, -0.2) is 4.79 Å². The van der Waals surface area contributed by atoms with Gasteiger partial charge in [-0.3, -0.25) is 9.59 Å². The van der Waals surface area contributed by atoms with Gasteiger partial charge in [0.2, 0.25) is 5.91 Å². The molecule has 1 heterocycles. The summed E-state index contributed by atoms with van der Waals surface area (Å²) in [4.78, 5) is 36.7. The second-order valence-electron chi connectivity index (χ2n) is 4.44. The van der Waals surface area contributed by atoms with Gasteiger partial charge in [-0.2, -0.15) is 0 Å². The maximum absolute atomic E-state index is 11.8. The Morgan fingerprint density at radius 1 is 1.17 bits per heavy atom. The summed E-state index contributed by atoms with van der Waals surface area (Å²) in [6.45, 7) is 5.16. The van der Waals surface area contributed by atoms with Crippen LogP contribution in [0.25, 0.3) is 0 Å². The molecule has 0 bridgehead atoms. The largest absolute Gasteiger partial charge is 0.481 e. The normalized spacial score (nSPS) is 17.2. The number of carboxylic acid groups (broad SMARTS) is 1. The number of carboxylic acids is 1. The Hall–Kier alpha value is -1.79. The van der Waals surface area contributed by atoms with Gasteiger partial charge >= 0.3 is 12.0 Å². The molecule has 7 nitrogen and oxygen atoms in total. The molecule has 0 saturated carbocycles. The van der Waals surface area contributed by atoms with Crippen LogP contribution in [0.2, 0.25) is 0 Å². The van der Waals surface area contributed by atoms with Crippen LogP contribution < -0.4 is 5.32 Å². The number of carbonyl (C=O) groups is 3. The van der Waals surface area contributed by atoms with Crippen molar-refractivity contribution in [2.24, 2.45) is 0 Å². The fraction of sp³-hybridized carbons (Fsp3) is 0.727. The minimum atomic E-state index is -0.941. The van der Waals surface area contributed by atoms with Crippen LogP contribution in [0.5, 0.6) is 0 Å². The first-order chi connectivity index (χ1) is 8.40. The number of hydrogen-bond acceptors (Lipinski definition) is 3. The summed E-state index contributed by atoms with van der Waals surface area (Å²) in [5, 5.41) is 11.2. The summed E-state index contributed by atoms with van der Waals surface area (Å²) >= 11 is 0. The third-order valence-electron chi connectivity index (χ3n) is 2.86. The molecule has 3 amide bonds. The van der Waals surface area contributed by atoms with Crippen molar-refractivity contribution in [3.63, 3.8) is 0 Å². The van der Waals surface area contributed by atoms with Crippen LogP contribution in [-0.4, -0.2) is 65.0 Å². The molecular weight excluding hydrogens is 238 g/mol. The molecule has 1 aliphatic rings. The highest BCUT2D eigenvalue weighted by Gasteiger charge is 2.23. The van der Waals surface area contributed by atoms with E-state index in [-0.39, 0.29) is 18.4 Å². The maximum atomic E-state index is 11.8. The van der Waals surface area contributed by atoms with E-state index in [1.165, 1.54) is 6.92 Å². The smallest absolute Gasteiger partial charge is 0.317 e. The van der Waals surface area contributed by atoms with Crippen LogP contribution >= 0.6 is 0 Å². The highest BCUT2D eigenvalue weighted by atomic mass is 16.4. The van der Waals surface area contributed by atoms with Gasteiger partial charge in [-0.1, -0.05) is 0 Å². The van der Waals surface area contributed by atoms with Crippen LogP contribution in [0.15, 0.2) is 0 Å². The average Bonchev–Trinajstić information content (AvgIpc) is 2.27. The Kier molecular flexibility index (Phi) is 4.94. The lowest BCUT2D eigenvalue weighted by molar-refractivity contribution is -0.137. The van der Waals surface area contributed by atoms with Crippen molar-refractivity contribution in [1.82, 2.24) is 15.1 Å². The Morgan fingerprint density at radius 2 is 1.67 bits per heavy atom. The molecular formula is C11H19N3O4. The Morgan fingerprint density at radius 3 is 2.11 bits per heavy atom. The van der Waals surface area contributed by atoms with Crippen LogP contribution in [0, 0.1) is 0 Å². The molecule has 1 rings (SSSR count). The van der Waals surface area contributed by atoms with E-state index in [0.717, 1.165) is 0 Å². The van der Waals surface area contributed by atoms with E-state index in [9.17, 15) is 14.4 Å². The number of nitrogens with one attached hydrogen (secondary N) is 1. The van der Waals surface area contributed by atoms with Gasteiger partial charge in [-0.05, 0) is 6.92 Å². The van der Waals surface area contributed by atoms with Crippen LogP contribution in [0.1, 0.15) is 20.3 Å². The van der Waals surface area contributed by atoms with Gasteiger partial charge in [0.05, 0.1) is 6.42 Å². The van der Waals surface area contributed by atoms with Gasteiger partial charge in [0.1, 0.15) is 0 Å². The van der Waals surface area contributed by atoms with Gasteiger partial charge < -0.3 is 20.2 Å². The van der Waals surface area contributed by atoms with Crippen LogP contribution in [-0.2, 0) is 9.59 Å². The standard InChI is InChI=1S/C11H19N3O4/c1-8(7-10(16)17)12-11(18)14-5-3-13(4-6-14)9(2)15/h8H,3-7H2,1-2H3,(H,12,18)(H,16,17). The lowest BCUT2D eigenvalue weighted by Crippen LogP contribution is -2.54. The van der Waals surface area contributed by atoms with Crippen LogP contribution in [0.4, 0.5) is 4.79 Å². The fourth-order valence-corrected chi connectivity index (χ4v) is 1.84. The van der Waals surface area contributed by atoms with E-state index in [4.69, 9.17) is 5.11 Å². The highest BCUT2D eigenvalue weighted by molar-refractivity contribution is 5.77. The van der Waals surface area contributed by atoms with Crippen molar-refractivity contribution in [1.29, 1.82) is 0 Å². The van der Waals surface area contributed by atoms with Gasteiger partial charge in [0, 0.05) is 39.1 Å². The summed E-state index contributed by atoms with van der Waals surface area (Å²) in [5.74, 6) is -0.932. The molecule has 1 aliphatic heterocycles. The number of hydrogen-bond donors (Lipinski definition) is 2. The van der Waals surface area contributed by atoms with Crippen molar-refractivity contribution in [3.8, 4) is 0 Å². The summed E-state index contributed by atoms with van der Waals surface area (Å²) in [7, 11) is 0. The fourth-order valence-electron chi connectivity index (χ4n) is 1.84. The quantitative estimate of drug-likeness (QED) is 0.728. The molecule has 2 N–H and O–H groups in total. The molecule has 1 saturated heterocycles. The third kappa shape index (κ3) is 4.23. The van der Waals surface area contributed by atoms with Crippen molar-refractivity contribution in [3.05, 3.63) is 0 Å². The zero-order valence-corrected chi connectivity index (χ0v) is 10.7. The van der Waals surface area contributed by atoms with Gasteiger partial charge in [0.25, 0.3) is 0 Å². The van der Waals surface area contributed by atoms with Crippen molar-refractivity contribution in [2.45, 2.75) is 26.3 Å². The molecule has 18 heavy (non-hydrogen) atoms. The van der Waals surface area contributed by atoms with E-state index in [2.05, 4.69) is 5.32 Å². The lowest BCUT2D eigenvalue weighted by Gasteiger charge is -2.34. The second kappa shape index (κ2) is 6.23. The number of amides is 3. The Bertz CT molecular complexity index is 337. The van der Waals surface area contributed by atoms with Gasteiger partial charge in [-0.15, -0.1) is 0 Å². The Labute approximate surface area is 106 Å². The van der Waals surface area contributed by atoms with E-state index >= 15 is 0 Å². The number of carbonyl (C=O) groups excluding carboxylic acids is 2. The molecule has 0 spiro atoms. The van der Waals surface area contributed by atoms with E-state index in [0.29, 0.717) is 26.2 Å². The molecule has 1 atom stereocenters. The molecule has 0 aliphatic carbocycles. The predicted octanol–water partition coefficient (Wildman–Crippen LogP) is -0.277. The first kappa shape index (κ1) is 14.3. The van der Waals surface area contributed by atoms with E-state index in [1.807, 2.05) is 0 Å². The summed E-state index contributed by atoms with van der Waals surface area (Å²) in [6, 6.07) is -0.673. The molecule has 102 valence electrons. The molecule has 0 radical (unpaired) electrons. The Balaban J connectivity index is 2.36. The minimum Gasteiger partial charge on any atom is -0.481 e. The van der Waals surface area contributed by atoms with E-state index in [1.54, 1.807) is 16.7 Å². The second-order valence-corrected chi connectivity index (χ2v) is 4.44. The average molecular weight is 257 g/mol. The summed E-state index contributed by atoms with van der Waals surface area (Å²) in [5.41, 5.74) is 0. The SMILES string of the molecule is CC(=O)N1CCN(C(=O)NC(C)CC(=O)O)CC1. The zero-order chi connectivity index (χ0) is 13.7. The first-order valence-corrected chi connectivity index (χ1v) is 5.93. The first-order valence-electron chi connectivity index (χ1n) is 5.93. The molecule has 0 aromatic carbocycles. The molecule has 1 fully saturated rings. The maximum Gasteiger partial charge on any atom is 0.317 e. The van der Waals surface area contributed by atoms with Crippen molar-refractivity contribution < 1.29 is 19.5 Å². The summed E-state index contributed by atoms with van der Waals surface area (Å²) < 4.78 is 0. The predicted molar refractivity (Wildman–Crippen MR) is 64.1 cm³/mol. The third-order valence-corrected chi connectivity index (χ3v) is 2.86. The molecule has 7 heteroatoms. The molecule has 1 unspecified atom stereocenters. The number of urea groups is 1. The lowest BCUT2D eigenvalue weighted by atomic mass is 10.2. The number of rotatable bonds is 3. The monoisotopic (exact) mass is 257 g/mol. The summed E-state index contributed by atoms with van der Waals surface area (Å²) in [6.07, 6.45) is -0.0981. The van der Waals surface area contributed by atoms with E-state index < -0.39 is 12.0 Å². The number of piperazine rings is 1. The minimum absolute atomic E-state index is 0.00861. The highest BCUT2D eigenvalue weighted by Crippen LogP contribution is 2.03. The van der Waals surface area contributed by atoms with Crippen molar-refractivity contribution in [2.75, 3.05) is 26.2 Å². The molecule has 0 aromatic rings. The van der Waals surface area contributed by atoms with Crippen molar-refractivity contribution >= 4 is 17.9 Å². The van der Waals surface area contributed by atoms with Gasteiger partial charge in [0.15, 0.2) is 0 Å². The topological polar surface area (TPSA) is 90.0 Å². The zero-order valence-electron chi connectivity index (χ0n) is 10.7. The van der Waals surface area contributed by atoms with Crippen LogP contribution in [0.3, 0.4) is 0 Å². The number of nitrogens with zero attached hydrogens (tertiary/aromatic N) is 2.